The highest BCUT2D eigenvalue weighted by molar-refractivity contribution is 5.14. The zero-order chi connectivity index (χ0) is 26.2. The fourth-order valence-corrected chi connectivity index (χ4v) is 5.65. The first-order valence-electron chi connectivity index (χ1n) is 16.5. The molecule has 1 heterocycles. The molecular formula is C35H61N2+. The summed E-state index contributed by atoms with van der Waals surface area (Å²) in [6, 6.07) is 11.0. The van der Waals surface area contributed by atoms with Crippen LogP contribution in [0.15, 0.2) is 42.7 Å². The first-order chi connectivity index (χ1) is 18.3. The van der Waals surface area contributed by atoms with Crippen molar-refractivity contribution in [2.75, 3.05) is 0 Å². The number of aryl methyl sites for hydroxylation is 3. The maximum atomic E-state index is 2.56. The highest BCUT2D eigenvalue weighted by atomic mass is 15.1. The molecule has 37 heavy (non-hydrogen) atoms. The van der Waals surface area contributed by atoms with Crippen LogP contribution in [0.3, 0.4) is 0 Å². The molecule has 210 valence electrons. The lowest BCUT2D eigenvalue weighted by molar-refractivity contribution is -0.704. The summed E-state index contributed by atoms with van der Waals surface area (Å²) in [5.74, 6) is 1.56. The normalized spacial score (nSPS) is 11.4. The van der Waals surface area contributed by atoms with E-state index in [0.29, 0.717) is 0 Å². The SMILES string of the molecule is CCCCCCCCCCCCCCCCCCc1n(CCCCC)cc[n+]1CCCc1ccccc1. The van der Waals surface area contributed by atoms with Crippen LogP contribution in [0, 0.1) is 0 Å². The van der Waals surface area contributed by atoms with E-state index in [2.05, 4.69) is 65.7 Å². The van der Waals surface area contributed by atoms with Gasteiger partial charge in [0.1, 0.15) is 12.4 Å². The molecule has 0 N–H and O–H groups in total. The number of unbranched alkanes of at least 4 members (excludes halogenated alkanes) is 17. The summed E-state index contributed by atoms with van der Waals surface area (Å²) in [6.45, 7) is 6.94. The lowest BCUT2D eigenvalue weighted by Crippen LogP contribution is -2.37. The molecule has 0 radical (unpaired) electrons. The molecule has 2 rings (SSSR count). The molecule has 0 saturated heterocycles. The average molecular weight is 510 g/mol. The van der Waals surface area contributed by atoms with Crippen molar-refractivity contribution in [2.45, 2.75) is 168 Å². The van der Waals surface area contributed by atoms with Crippen molar-refractivity contribution in [3.63, 3.8) is 0 Å². The average Bonchev–Trinajstić information content (AvgIpc) is 3.30. The molecule has 1 aromatic heterocycles. The Hall–Kier alpha value is -1.57. The maximum absolute atomic E-state index is 2.56. The summed E-state index contributed by atoms with van der Waals surface area (Å²) >= 11 is 0. The van der Waals surface area contributed by atoms with E-state index < -0.39 is 0 Å². The zero-order valence-electron chi connectivity index (χ0n) is 24.9. The summed E-state index contributed by atoms with van der Waals surface area (Å²) < 4.78 is 5.11. The first kappa shape index (κ1) is 31.6. The van der Waals surface area contributed by atoms with E-state index in [-0.39, 0.29) is 0 Å². The topological polar surface area (TPSA) is 8.81 Å². The molecular weight excluding hydrogens is 448 g/mol. The third-order valence-electron chi connectivity index (χ3n) is 8.05. The van der Waals surface area contributed by atoms with Gasteiger partial charge in [-0.3, -0.25) is 0 Å². The smallest absolute Gasteiger partial charge is 0.234 e. The van der Waals surface area contributed by atoms with E-state index in [4.69, 9.17) is 0 Å². The minimum absolute atomic E-state index is 1.14. The Morgan fingerprint density at radius 2 is 1.05 bits per heavy atom. The highest BCUT2D eigenvalue weighted by Crippen LogP contribution is 2.15. The van der Waals surface area contributed by atoms with Gasteiger partial charge < -0.3 is 0 Å². The number of imidazole rings is 1. The zero-order valence-corrected chi connectivity index (χ0v) is 24.9. The first-order valence-corrected chi connectivity index (χ1v) is 16.5. The van der Waals surface area contributed by atoms with Gasteiger partial charge in [-0.2, -0.15) is 0 Å². The molecule has 0 atom stereocenters. The minimum Gasteiger partial charge on any atom is -0.234 e. The summed E-state index contributed by atoms with van der Waals surface area (Å²) in [4.78, 5) is 0. The molecule has 2 aromatic rings. The van der Waals surface area contributed by atoms with Crippen LogP contribution in [0.2, 0.25) is 0 Å². The Morgan fingerprint density at radius 1 is 0.541 bits per heavy atom. The van der Waals surface area contributed by atoms with Crippen molar-refractivity contribution in [1.82, 2.24) is 4.57 Å². The monoisotopic (exact) mass is 509 g/mol. The molecule has 2 nitrogen and oxygen atoms in total. The minimum atomic E-state index is 1.14. The molecule has 0 saturated carbocycles. The Kier molecular flexibility index (Phi) is 19.2. The molecule has 0 aliphatic rings. The van der Waals surface area contributed by atoms with Crippen LogP contribution >= 0.6 is 0 Å². The van der Waals surface area contributed by atoms with Gasteiger partial charge in [0.15, 0.2) is 0 Å². The van der Waals surface area contributed by atoms with Crippen molar-refractivity contribution < 1.29 is 4.57 Å². The Morgan fingerprint density at radius 3 is 1.62 bits per heavy atom. The van der Waals surface area contributed by atoms with E-state index in [1.165, 1.54) is 153 Å². The lowest BCUT2D eigenvalue weighted by Gasteiger charge is -2.07. The Labute approximate surface area is 231 Å². The summed E-state index contributed by atoms with van der Waals surface area (Å²) in [7, 11) is 0. The van der Waals surface area contributed by atoms with E-state index in [9.17, 15) is 0 Å². The van der Waals surface area contributed by atoms with Crippen LogP contribution in [0.5, 0.6) is 0 Å². The molecule has 0 amide bonds. The molecule has 0 aliphatic carbocycles. The number of hydrogen-bond acceptors (Lipinski definition) is 0. The lowest BCUT2D eigenvalue weighted by atomic mass is 10.0. The number of benzene rings is 1. The molecule has 0 spiro atoms. The summed E-state index contributed by atoms with van der Waals surface area (Å²) in [5.41, 5.74) is 1.46. The molecule has 0 aliphatic heterocycles. The van der Waals surface area contributed by atoms with Crippen molar-refractivity contribution in [3.8, 4) is 0 Å². The quantitative estimate of drug-likeness (QED) is 0.0929. The van der Waals surface area contributed by atoms with Gasteiger partial charge in [0.2, 0.25) is 0 Å². The third-order valence-corrected chi connectivity index (χ3v) is 8.05. The molecule has 0 bridgehead atoms. The van der Waals surface area contributed by atoms with Gasteiger partial charge in [-0.05, 0) is 37.7 Å². The van der Waals surface area contributed by atoms with Crippen LogP contribution in [0.25, 0.3) is 0 Å². The van der Waals surface area contributed by atoms with E-state index >= 15 is 0 Å². The van der Waals surface area contributed by atoms with Crippen LogP contribution in [-0.2, 0) is 25.9 Å². The van der Waals surface area contributed by atoms with Gasteiger partial charge in [-0.15, -0.1) is 0 Å². The maximum Gasteiger partial charge on any atom is 0.256 e. The number of rotatable bonds is 25. The van der Waals surface area contributed by atoms with Crippen molar-refractivity contribution in [3.05, 3.63) is 54.1 Å². The van der Waals surface area contributed by atoms with Crippen molar-refractivity contribution >= 4 is 0 Å². The fourth-order valence-electron chi connectivity index (χ4n) is 5.65. The van der Waals surface area contributed by atoms with E-state index in [0.717, 1.165) is 6.54 Å². The van der Waals surface area contributed by atoms with E-state index in [1.54, 1.807) is 5.82 Å². The second-order valence-corrected chi connectivity index (χ2v) is 11.5. The van der Waals surface area contributed by atoms with Gasteiger partial charge in [0.25, 0.3) is 5.82 Å². The molecule has 0 fully saturated rings. The second-order valence-electron chi connectivity index (χ2n) is 11.5. The number of nitrogens with zero attached hydrogens (tertiary/aromatic N) is 2. The fraction of sp³-hybridized carbons (Fsp3) is 0.743. The molecule has 0 unspecified atom stereocenters. The third kappa shape index (κ3) is 15.4. The predicted octanol–water partition coefficient (Wildman–Crippen LogP) is 10.4. The van der Waals surface area contributed by atoms with Crippen molar-refractivity contribution in [1.29, 1.82) is 0 Å². The van der Waals surface area contributed by atoms with Gasteiger partial charge in [0.05, 0.1) is 13.1 Å². The van der Waals surface area contributed by atoms with Crippen molar-refractivity contribution in [2.24, 2.45) is 0 Å². The van der Waals surface area contributed by atoms with Gasteiger partial charge in [-0.25, -0.2) is 9.13 Å². The highest BCUT2D eigenvalue weighted by Gasteiger charge is 2.16. The van der Waals surface area contributed by atoms with Crippen LogP contribution in [-0.4, -0.2) is 4.57 Å². The van der Waals surface area contributed by atoms with Gasteiger partial charge in [0, 0.05) is 6.42 Å². The van der Waals surface area contributed by atoms with Gasteiger partial charge in [-0.1, -0.05) is 147 Å². The largest absolute Gasteiger partial charge is 0.256 e. The molecule has 2 heteroatoms. The molecule has 1 aromatic carbocycles. The number of aromatic nitrogens is 2. The predicted molar refractivity (Wildman–Crippen MR) is 162 cm³/mol. The Bertz CT molecular complexity index is 748. The second kappa shape index (κ2) is 22.4. The Balaban J connectivity index is 1.55. The van der Waals surface area contributed by atoms with Crippen LogP contribution < -0.4 is 4.57 Å². The van der Waals surface area contributed by atoms with Gasteiger partial charge >= 0.3 is 0 Å². The summed E-state index contributed by atoms with van der Waals surface area (Å²) in [5, 5.41) is 0. The van der Waals surface area contributed by atoms with Crippen LogP contribution in [0.1, 0.15) is 154 Å². The number of hydrogen-bond donors (Lipinski definition) is 0. The standard InChI is InChI=1S/C35H61N2/c1-3-5-7-8-9-10-11-12-13-14-15-16-17-18-19-23-29-35-36(30-24-6-4-2)32-33-37(35)31-25-28-34-26-21-20-22-27-34/h20-22,26-27,32-33H,3-19,23-25,28-31H2,1-2H3/q+1. The summed E-state index contributed by atoms with van der Waals surface area (Å²) in [6.07, 6.45) is 35.3. The van der Waals surface area contributed by atoms with Crippen LogP contribution in [0.4, 0.5) is 0 Å². The van der Waals surface area contributed by atoms with E-state index in [1.807, 2.05) is 0 Å².